The van der Waals surface area contributed by atoms with Crippen LogP contribution in [0.1, 0.15) is 35.5 Å². The van der Waals surface area contributed by atoms with Crippen molar-refractivity contribution in [2.75, 3.05) is 0 Å². The normalized spacial score (nSPS) is 12.7. The number of fused-ring (bicyclic) bond motifs is 1. The van der Waals surface area contributed by atoms with E-state index in [1.165, 1.54) is 29.0 Å². The Morgan fingerprint density at radius 2 is 2.00 bits per heavy atom. The zero-order chi connectivity index (χ0) is 14.8. The van der Waals surface area contributed by atoms with Gasteiger partial charge in [0.05, 0.1) is 0 Å². The second-order valence-electron chi connectivity index (χ2n) is 5.23. The fraction of sp³-hybridized carbons (Fsp3) is 0.222. The first-order valence-electron chi connectivity index (χ1n) is 7.13. The molecule has 3 aromatic rings. The molecule has 3 heteroatoms. The van der Waals surface area contributed by atoms with E-state index < -0.39 is 6.10 Å². The van der Waals surface area contributed by atoms with Crippen LogP contribution in [0.5, 0.6) is 0 Å². The van der Waals surface area contributed by atoms with E-state index in [2.05, 4.69) is 19.1 Å². The van der Waals surface area contributed by atoms with Crippen molar-refractivity contribution in [1.29, 1.82) is 0 Å². The topological polar surface area (TPSA) is 20.2 Å². The van der Waals surface area contributed by atoms with Crippen LogP contribution in [0.25, 0.3) is 10.1 Å². The molecule has 0 aliphatic heterocycles. The van der Waals surface area contributed by atoms with Gasteiger partial charge in [0, 0.05) is 9.58 Å². The summed E-state index contributed by atoms with van der Waals surface area (Å²) in [6.45, 7) is 2.14. The van der Waals surface area contributed by atoms with Crippen LogP contribution in [0.2, 0.25) is 0 Å². The van der Waals surface area contributed by atoms with E-state index in [9.17, 15) is 9.50 Å². The molecule has 1 atom stereocenters. The second kappa shape index (κ2) is 5.96. The number of aliphatic hydroxyl groups is 1. The molecular formula is C18H17FOS. The van der Waals surface area contributed by atoms with E-state index in [4.69, 9.17) is 0 Å². The molecule has 0 bridgehead atoms. The lowest BCUT2D eigenvalue weighted by molar-refractivity contribution is 0.224. The van der Waals surface area contributed by atoms with Crippen molar-refractivity contribution < 1.29 is 9.50 Å². The predicted octanol–water partition coefficient (Wildman–Crippen LogP) is 5.07. The Kier molecular flexibility index (Phi) is 4.04. The summed E-state index contributed by atoms with van der Waals surface area (Å²) < 4.78 is 14.2. The number of halogens is 1. The molecule has 0 radical (unpaired) electrons. The molecule has 0 aliphatic carbocycles. The quantitative estimate of drug-likeness (QED) is 0.713. The summed E-state index contributed by atoms with van der Waals surface area (Å²) in [6, 6.07) is 14.7. The molecule has 1 N–H and O–H groups in total. The van der Waals surface area contributed by atoms with Crippen molar-refractivity contribution in [2.24, 2.45) is 0 Å². The predicted molar refractivity (Wildman–Crippen MR) is 86.3 cm³/mol. The highest BCUT2D eigenvalue weighted by atomic mass is 32.1. The van der Waals surface area contributed by atoms with Gasteiger partial charge >= 0.3 is 0 Å². The summed E-state index contributed by atoms with van der Waals surface area (Å²) in [4.78, 5) is 0.851. The van der Waals surface area contributed by atoms with Gasteiger partial charge in [0.25, 0.3) is 0 Å². The minimum absolute atomic E-state index is 0.244. The minimum atomic E-state index is -0.651. The summed E-state index contributed by atoms with van der Waals surface area (Å²) in [6.07, 6.45) is 1.45. The molecular weight excluding hydrogens is 283 g/mol. The Labute approximate surface area is 127 Å². The van der Waals surface area contributed by atoms with E-state index in [1.54, 1.807) is 6.07 Å². The molecule has 2 aromatic carbocycles. The molecule has 0 aliphatic rings. The van der Waals surface area contributed by atoms with Crippen LogP contribution in [-0.4, -0.2) is 5.11 Å². The van der Waals surface area contributed by atoms with E-state index in [1.807, 2.05) is 18.2 Å². The number of aryl methyl sites for hydroxylation is 1. The van der Waals surface area contributed by atoms with Gasteiger partial charge in [-0.2, -0.15) is 0 Å². The number of benzene rings is 2. The Morgan fingerprint density at radius 1 is 1.14 bits per heavy atom. The van der Waals surface area contributed by atoms with Crippen LogP contribution < -0.4 is 0 Å². The van der Waals surface area contributed by atoms with Crippen LogP contribution in [0.4, 0.5) is 4.39 Å². The van der Waals surface area contributed by atoms with Gasteiger partial charge in [-0.25, -0.2) is 4.39 Å². The highest BCUT2D eigenvalue weighted by Gasteiger charge is 2.14. The monoisotopic (exact) mass is 300 g/mol. The van der Waals surface area contributed by atoms with Crippen molar-refractivity contribution >= 4 is 21.4 Å². The molecule has 3 rings (SSSR count). The van der Waals surface area contributed by atoms with Gasteiger partial charge in [0.2, 0.25) is 0 Å². The lowest BCUT2D eigenvalue weighted by atomic mass is 10.0. The number of thiophene rings is 1. The van der Waals surface area contributed by atoms with Gasteiger partial charge in [-0.1, -0.05) is 37.6 Å². The van der Waals surface area contributed by atoms with E-state index in [0.29, 0.717) is 0 Å². The average molecular weight is 300 g/mol. The fourth-order valence-corrected chi connectivity index (χ4v) is 3.60. The van der Waals surface area contributed by atoms with Crippen LogP contribution in [0, 0.1) is 5.82 Å². The maximum atomic E-state index is 13.2. The van der Waals surface area contributed by atoms with Crippen molar-refractivity contribution in [3.63, 3.8) is 0 Å². The van der Waals surface area contributed by atoms with Gasteiger partial charge in [-0.3, -0.25) is 0 Å². The zero-order valence-electron chi connectivity index (χ0n) is 11.8. The molecule has 0 saturated heterocycles. The molecule has 1 unspecified atom stereocenters. The molecule has 0 saturated carbocycles. The minimum Gasteiger partial charge on any atom is -0.383 e. The van der Waals surface area contributed by atoms with Crippen molar-refractivity contribution in [3.05, 3.63) is 70.4 Å². The van der Waals surface area contributed by atoms with Crippen LogP contribution in [0.3, 0.4) is 0 Å². The summed E-state index contributed by atoms with van der Waals surface area (Å²) >= 11 is 1.51. The number of rotatable bonds is 4. The maximum Gasteiger partial charge on any atom is 0.123 e. The van der Waals surface area contributed by atoms with Crippen molar-refractivity contribution in [2.45, 2.75) is 25.9 Å². The zero-order valence-corrected chi connectivity index (χ0v) is 12.7. The Bertz CT molecular complexity index is 763. The third-order valence-corrected chi connectivity index (χ3v) is 4.74. The first kappa shape index (κ1) is 14.2. The smallest absolute Gasteiger partial charge is 0.123 e. The van der Waals surface area contributed by atoms with Crippen LogP contribution in [-0.2, 0) is 6.42 Å². The Balaban J connectivity index is 1.95. The summed E-state index contributed by atoms with van der Waals surface area (Å²) in [5, 5.41) is 11.4. The highest BCUT2D eigenvalue weighted by molar-refractivity contribution is 7.19. The van der Waals surface area contributed by atoms with E-state index in [-0.39, 0.29) is 5.82 Å². The van der Waals surface area contributed by atoms with Gasteiger partial charge < -0.3 is 5.11 Å². The SMILES string of the molecule is CCCc1cccc(C(O)c2cc3cc(F)ccc3s2)c1. The summed E-state index contributed by atoms with van der Waals surface area (Å²) in [5.74, 6) is -0.244. The molecule has 108 valence electrons. The Morgan fingerprint density at radius 3 is 2.81 bits per heavy atom. The van der Waals surface area contributed by atoms with Crippen molar-refractivity contribution in [3.8, 4) is 0 Å². The fourth-order valence-electron chi connectivity index (χ4n) is 2.54. The van der Waals surface area contributed by atoms with Gasteiger partial charge in [-0.15, -0.1) is 11.3 Å². The molecule has 0 spiro atoms. The van der Waals surface area contributed by atoms with E-state index in [0.717, 1.165) is 33.4 Å². The molecule has 0 amide bonds. The molecule has 1 aromatic heterocycles. The highest BCUT2D eigenvalue weighted by Crippen LogP contribution is 2.33. The van der Waals surface area contributed by atoms with Gasteiger partial charge in [0.15, 0.2) is 0 Å². The lowest BCUT2D eigenvalue weighted by Gasteiger charge is -2.10. The second-order valence-corrected chi connectivity index (χ2v) is 6.34. The van der Waals surface area contributed by atoms with Crippen molar-refractivity contribution in [1.82, 2.24) is 0 Å². The van der Waals surface area contributed by atoms with Crippen LogP contribution in [0.15, 0.2) is 48.5 Å². The molecule has 1 nitrogen and oxygen atoms in total. The lowest BCUT2D eigenvalue weighted by Crippen LogP contribution is -1.98. The van der Waals surface area contributed by atoms with Gasteiger partial charge in [0.1, 0.15) is 11.9 Å². The van der Waals surface area contributed by atoms with Crippen LogP contribution >= 0.6 is 11.3 Å². The first-order valence-corrected chi connectivity index (χ1v) is 7.95. The largest absolute Gasteiger partial charge is 0.383 e. The standard InChI is InChI=1S/C18H17FOS/c1-2-4-12-5-3-6-13(9-12)18(20)17-11-14-10-15(19)7-8-16(14)21-17/h3,5-11,18,20H,2,4H2,1H3. The number of hydrogen-bond acceptors (Lipinski definition) is 2. The number of aliphatic hydroxyl groups excluding tert-OH is 1. The average Bonchev–Trinajstić information content (AvgIpc) is 2.90. The molecule has 0 fully saturated rings. The van der Waals surface area contributed by atoms with E-state index >= 15 is 0 Å². The summed E-state index contributed by atoms with van der Waals surface area (Å²) in [5.41, 5.74) is 2.13. The third-order valence-electron chi connectivity index (χ3n) is 3.57. The molecule has 1 heterocycles. The molecule has 21 heavy (non-hydrogen) atoms. The Hall–Kier alpha value is -1.71. The number of hydrogen-bond donors (Lipinski definition) is 1. The first-order chi connectivity index (χ1) is 10.2. The third kappa shape index (κ3) is 2.99. The van der Waals surface area contributed by atoms with Gasteiger partial charge in [-0.05, 0) is 47.2 Å². The summed E-state index contributed by atoms with van der Waals surface area (Å²) in [7, 11) is 0. The maximum absolute atomic E-state index is 13.2.